The lowest BCUT2D eigenvalue weighted by Gasteiger charge is -2.22. The van der Waals surface area contributed by atoms with Crippen molar-refractivity contribution in [1.82, 2.24) is 15.5 Å². The largest absolute Gasteiger partial charge is 0.401 e. The van der Waals surface area contributed by atoms with E-state index >= 15 is 0 Å². The number of rotatable bonds is 8. The molecule has 138 valence electrons. The number of nitrogens with one attached hydrogen (secondary N) is 2. The topological polar surface area (TPSA) is 39.7 Å². The van der Waals surface area contributed by atoms with E-state index in [0.29, 0.717) is 25.6 Å². The summed E-state index contributed by atoms with van der Waals surface area (Å²) in [4.78, 5) is 7.07. The highest BCUT2D eigenvalue weighted by atomic mass is 32.1. The Kier molecular flexibility index (Phi) is 8.02. The van der Waals surface area contributed by atoms with Crippen LogP contribution in [0, 0.1) is 0 Å². The quantitative estimate of drug-likeness (QED) is 0.550. The van der Waals surface area contributed by atoms with Crippen LogP contribution in [-0.4, -0.2) is 56.8 Å². The van der Waals surface area contributed by atoms with E-state index in [1.54, 1.807) is 11.3 Å². The van der Waals surface area contributed by atoms with Crippen molar-refractivity contribution in [3.8, 4) is 0 Å². The summed E-state index contributed by atoms with van der Waals surface area (Å²) in [6.45, 7) is 7.29. The van der Waals surface area contributed by atoms with Crippen molar-refractivity contribution in [1.29, 1.82) is 0 Å². The molecule has 2 N–H and O–H groups in total. The minimum Gasteiger partial charge on any atom is -0.357 e. The molecule has 0 aliphatic rings. The van der Waals surface area contributed by atoms with Gasteiger partial charge in [-0.3, -0.25) is 9.89 Å². The number of alkyl halides is 3. The van der Waals surface area contributed by atoms with Gasteiger partial charge in [-0.25, -0.2) is 0 Å². The highest BCUT2D eigenvalue weighted by Gasteiger charge is 2.28. The van der Waals surface area contributed by atoms with Crippen molar-refractivity contribution in [3.05, 3.63) is 22.4 Å². The zero-order valence-corrected chi connectivity index (χ0v) is 15.5. The minimum absolute atomic E-state index is 0.0798. The molecular weight excluding hydrogens is 337 g/mol. The Morgan fingerprint density at radius 1 is 1.29 bits per heavy atom. The first-order valence-corrected chi connectivity index (χ1v) is 8.83. The summed E-state index contributed by atoms with van der Waals surface area (Å²) in [5, 5.41) is 8.25. The van der Waals surface area contributed by atoms with Gasteiger partial charge in [-0.2, -0.15) is 13.2 Å². The maximum atomic E-state index is 12.3. The molecule has 1 aromatic heterocycles. The lowest BCUT2D eigenvalue weighted by Crippen LogP contribution is -2.43. The van der Waals surface area contributed by atoms with Crippen molar-refractivity contribution < 1.29 is 13.2 Å². The van der Waals surface area contributed by atoms with E-state index in [1.807, 2.05) is 18.4 Å². The van der Waals surface area contributed by atoms with Crippen LogP contribution in [-0.2, 0) is 5.41 Å². The fourth-order valence-corrected chi connectivity index (χ4v) is 2.95. The third kappa shape index (κ3) is 8.01. The van der Waals surface area contributed by atoms with E-state index in [2.05, 4.69) is 35.5 Å². The minimum atomic E-state index is -4.17. The maximum Gasteiger partial charge on any atom is 0.401 e. The SMILES string of the molecule is CCNC(=NCC(C)(C)c1cccs1)NCCN(C)CC(F)(F)F. The third-order valence-corrected chi connectivity index (χ3v) is 4.64. The number of likely N-dealkylation sites (N-methyl/N-ethyl adjacent to an activating group) is 1. The van der Waals surface area contributed by atoms with Crippen LogP contribution in [0.1, 0.15) is 25.6 Å². The number of hydrogen-bond acceptors (Lipinski definition) is 3. The number of halogens is 3. The Bertz CT molecular complexity index is 498. The molecule has 0 fully saturated rings. The molecule has 1 rings (SSSR count). The van der Waals surface area contributed by atoms with Crippen LogP contribution in [0.4, 0.5) is 13.2 Å². The summed E-state index contributed by atoms with van der Waals surface area (Å²) >= 11 is 1.70. The van der Waals surface area contributed by atoms with E-state index in [1.165, 1.54) is 16.8 Å². The molecule has 0 atom stereocenters. The molecule has 8 heteroatoms. The summed E-state index contributed by atoms with van der Waals surface area (Å²) in [6, 6.07) is 4.11. The predicted octanol–water partition coefficient (Wildman–Crippen LogP) is 3.07. The first-order valence-electron chi connectivity index (χ1n) is 7.95. The van der Waals surface area contributed by atoms with Crippen LogP contribution in [0.3, 0.4) is 0 Å². The van der Waals surface area contributed by atoms with Crippen LogP contribution < -0.4 is 10.6 Å². The standard InChI is InChI=1S/C16H27F3N4S/c1-5-20-14(21-8-9-23(4)12-16(17,18)19)22-11-15(2,3)13-7-6-10-24-13/h6-7,10H,5,8-9,11-12H2,1-4H3,(H2,20,21,22). The summed E-state index contributed by atoms with van der Waals surface area (Å²) in [5.41, 5.74) is -0.0798. The summed E-state index contributed by atoms with van der Waals surface area (Å²) < 4.78 is 36.9. The Balaban J connectivity index is 2.51. The number of nitrogens with zero attached hydrogens (tertiary/aromatic N) is 2. The van der Waals surface area contributed by atoms with Gasteiger partial charge in [0.1, 0.15) is 0 Å². The Morgan fingerprint density at radius 3 is 2.54 bits per heavy atom. The first-order chi connectivity index (χ1) is 11.1. The van der Waals surface area contributed by atoms with E-state index in [-0.39, 0.29) is 12.0 Å². The number of thiophene rings is 1. The van der Waals surface area contributed by atoms with Crippen LogP contribution in [0.2, 0.25) is 0 Å². The third-order valence-electron chi connectivity index (χ3n) is 3.40. The fourth-order valence-electron chi connectivity index (χ4n) is 2.11. The monoisotopic (exact) mass is 364 g/mol. The number of hydrogen-bond donors (Lipinski definition) is 2. The van der Waals surface area contributed by atoms with Gasteiger partial charge in [0.2, 0.25) is 0 Å². The summed E-state index contributed by atoms with van der Waals surface area (Å²) in [6.07, 6.45) is -4.17. The molecule has 0 amide bonds. The predicted molar refractivity (Wildman–Crippen MR) is 94.9 cm³/mol. The zero-order valence-electron chi connectivity index (χ0n) is 14.7. The van der Waals surface area contributed by atoms with Crippen molar-refractivity contribution in [2.45, 2.75) is 32.4 Å². The van der Waals surface area contributed by atoms with Crippen molar-refractivity contribution in [3.63, 3.8) is 0 Å². The molecule has 4 nitrogen and oxygen atoms in total. The van der Waals surface area contributed by atoms with Gasteiger partial charge in [0.15, 0.2) is 5.96 Å². The fraction of sp³-hybridized carbons (Fsp3) is 0.688. The van der Waals surface area contributed by atoms with E-state index in [4.69, 9.17) is 0 Å². The van der Waals surface area contributed by atoms with E-state index < -0.39 is 12.7 Å². The van der Waals surface area contributed by atoms with Gasteiger partial charge in [0.05, 0.1) is 13.1 Å². The Morgan fingerprint density at radius 2 is 2.00 bits per heavy atom. The van der Waals surface area contributed by atoms with Crippen LogP contribution in [0.15, 0.2) is 22.5 Å². The lowest BCUT2D eigenvalue weighted by atomic mass is 9.92. The van der Waals surface area contributed by atoms with Gasteiger partial charge in [-0.05, 0) is 25.4 Å². The van der Waals surface area contributed by atoms with Gasteiger partial charge in [0.25, 0.3) is 0 Å². The molecule has 0 bridgehead atoms. The number of aliphatic imine (C=N–C) groups is 1. The highest BCUT2D eigenvalue weighted by Crippen LogP contribution is 2.27. The molecule has 0 radical (unpaired) electrons. The van der Waals surface area contributed by atoms with Crippen molar-refractivity contribution in [2.75, 3.05) is 39.8 Å². The van der Waals surface area contributed by atoms with Crippen LogP contribution >= 0.6 is 11.3 Å². The van der Waals surface area contributed by atoms with Gasteiger partial charge in [0, 0.05) is 29.9 Å². The Labute approximate surface area is 146 Å². The molecule has 1 aromatic rings. The van der Waals surface area contributed by atoms with Gasteiger partial charge in [-0.15, -0.1) is 11.3 Å². The molecule has 0 aliphatic carbocycles. The second-order valence-electron chi connectivity index (χ2n) is 6.34. The molecule has 0 unspecified atom stereocenters. The van der Waals surface area contributed by atoms with Gasteiger partial charge in [-0.1, -0.05) is 19.9 Å². The molecule has 0 spiro atoms. The lowest BCUT2D eigenvalue weighted by molar-refractivity contribution is -0.142. The molecule has 0 aliphatic heterocycles. The van der Waals surface area contributed by atoms with Gasteiger partial charge >= 0.3 is 6.18 Å². The van der Waals surface area contributed by atoms with Crippen molar-refractivity contribution in [2.24, 2.45) is 4.99 Å². The average molecular weight is 364 g/mol. The maximum absolute atomic E-state index is 12.3. The van der Waals surface area contributed by atoms with E-state index in [9.17, 15) is 13.2 Å². The number of guanidine groups is 1. The van der Waals surface area contributed by atoms with Gasteiger partial charge < -0.3 is 10.6 Å². The van der Waals surface area contributed by atoms with Crippen LogP contribution in [0.5, 0.6) is 0 Å². The van der Waals surface area contributed by atoms with E-state index in [0.717, 1.165) is 0 Å². The smallest absolute Gasteiger partial charge is 0.357 e. The molecule has 0 saturated heterocycles. The second-order valence-corrected chi connectivity index (χ2v) is 7.28. The molecule has 0 saturated carbocycles. The molecular formula is C16H27F3N4S. The van der Waals surface area contributed by atoms with Crippen molar-refractivity contribution >= 4 is 17.3 Å². The zero-order chi connectivity index (χ0) is 18.2. The van der Waals surface area contributed by atoms with Crippen LogP contribution in [0.25, 0.3) is 0 Å². The first kappa shape index (κ1) is 20.8. The highest BCUT2D eigenvalue weighted by molar-refractivity contribution is 7.10. The Hall–Kier alpha value is -1.28. The molecule has 1 heterocycles. The summed E-state index contributed by atoms with van der Waals surface area (Å²) in [7, 11) is 1.46. The normalized spacial score (nSPS) is 13.4. The average Bonchev–Trinajstić information content (AvgIpc) is 2.97. The molecule has 0 aromatic carbocycles. The molecule has 24 heavy (non-hydrogen) atoms. The second kappa shape index (κ2) is 9.27. The summed E-state index contributed by atoms with van der Waals surface area (Å²) in [5.74, 6) is 0.627.